The molecule has 1 aromatic heterocycles. The van der Waals surface area contributed by atoms with Crippen LogP contribution in [-0.4, -0.2) is 24.1 Å². The van der Waals surface area contributed by atoms with Gasteiger partial charge in [-0.2, -0.15) is 0 Å². The third-order valence-electron chi connectivity index (χ3n) is 4.56. The molecule has 4 rings (SSSR count). The van der Waals surface area contributed by atoms with E-state index in [4.69, 9.17) is 16.3 Å². The quantitative estimate of drug-likeness (QED) is 0.359. The molecule has 4 aromatic rings. The van der Waals surface area contributed by atoms with Gasteiger partial charge in [-0.25, -0.2) is 9.59 Å². The van der Waals surface area contributed by atoms with Crippen molar-refractivity contribution in [1.82, 2.24) is 4.98 Å². The number of anilines is 2. The number of ether oxygens (including phenoxy) is 1. The topological polar surface area (TPSA) is 83.2 Å². The Morgan fingerprint density at radius 2 is 1.63 bits per heavy atom. The van der Waals surface area contributed by atoms with Gasteiger partial charge in [0.1, 0.15) is 0 Å². The van der Waals surface area contributed by atoms with E-state index < -0.39 is 12.0 Å². The molecule has 2 amide bonds. The molecule has 150 valence electrons. The van der Waals surface area contributed by atoms with Gasteiger partial charge in [-0.05, 0) is 54.6 Å². The molecule has 6 nitrogen and oxygen atoms in total. The number of hydrogen-bond donors (Lipinski definition) is 3. The number of carbonyl (C=O) groups is 2. The number of urea groups is 1. The molecule has 0 spiro atoms. The van der Waals surface area contributed by atoms with Crippen molar-refractivity contribution in [1.29, 1.82) is 0 Å². The predicted octanol–water partition coefficient (Wildman–Crippen LogP) is 5.92. The van der Waals surface area contributed by atoms with Gasteiger partial charge >= 0.3 is 12.0 Å². The van der Waals surface area contributed by atoms with Crippen molar-refractivity contribution in [3.63, 3.8) is 0 Å². The van der Waals surface area contributed by atoms with Gasteiger partial charge in [0.05, 0.1) is 12.7 Å². The first-order chi connectivity index (χ1) is 14.5. The van der Waals surface area contributed by atoms with Crippen LogP contribution in [0.5, 0.6) is 0 Å². The summed E-state index contributed by atoms with van der Waals surface area (Å²) in [6, 6.07) is 21.3. The summed E-state index contributed by atoms with van der Waals surface area (Å²) in [5.74, 6) is -0.466. The van der Waals surface area contributed by atoms with Crippen LogP contribution in [0.15, 0.2) is 72.8 Å². The maximum atomic E-state index is 12.4. The average molecular weight is 420 g/mol. The monoisotopic (exact) mass is 419 g/mol. The van der Waals surface area contributed by atoms with E-state index in [1.807, 2.05) is 42.5 Å². The van der Waals surface area contributed by atoms with Gasteiger partial charge < -0.3 is 20.4 Å². The normalized spacial score (nSPS) is 10.6. The lowest BCUT2D eigenvalue weighted by Gasteiger charge is -2.09. The largest absolute Gasteiger partial charge is 0.465 e. The first-order valence-corrected chi connectivity index (χ1v) is 9.55. The van der Waals surface area contributed by atoms with Crippen molar-refractivity contribution in [3.05, 3.63) is 83.4 Å². The van der Waals surface area contributed by atoms with Crippen LogP contribution in [0.4, 0.5) is 16.2 Å². The number of amides is 2. The van der Waals surface area contributed by atoms with Gasteiger partial charge in [-0.1, -0.05) is 29.8 Å². The summed E-state index contributed by atoms with van der Waals surface area (Å²) in [5, 5.41) is 7.21. The fraction of sp³-hybridized carbons (Fsp3) is 0.0435. The average Bonchev–Trinajstić information content (AvgIpc) is 3.16. The molecular weight excluding hydrogens is 402 g/mol. The van der Waals surface area contributed by atoms with Crippen molar-refractivity contribution < 1.29 is 14.3 Å². The number of benzene rings is 3. The minimum Gasteiger partial charge on any atom is -0.465 e. The fourth-order valence-corrected chi connectivity index (χ4v) is 3.34. The minimum atomic E-state index is -0.466. The molecule has 3 N–H and O–H groups in total. The smallest absolute Gasteiger partial charge is 0.337 e. The first kappa shape index (κ1) is 19.5. The second-order valence-corrected chi connectivity index (χ2v) is 7.08. The number of esters is 1. The zero-order valence-corrected chi connectivity index (χ0v) is 16.8. The third-order valence-corrected chi connectivity index (χ3v) is 4.79. The van der Waals surface area contributed by atoms with Gasteiger partial charge in [0.25, 0.3) is 0 Å². The lowest BCUT2D eigenvalue weighted by molar-refractivity contribution is 0.0600. The van der Waals surface area contributed by atoms with Crippen molar-refractivity contribution in [2.75, 3.05) is 17.7 Å². The third kappa shape index (κ3) is 4.29. The number of H-pyrrole nitrogens is 1. The number of aromatic amines is 1. The Hall–Kier alpha value is -3.77. The molecule has 1 heterocycles. The molecule has 0 atom stereocenters. The number of hydrogen-bond acceptors (Lipinski definition) is 3. The second-order valence-electron chi connectivity index (χ2n) is 6.65. The van der Waals surface area contributed by atoms with Crippen LogP contribution in [0.1, 0.15) is 10.4 Å². The molecule has 0 aliphatic heterocycles. The Morgan fingerprint density at radius 1 is 0.900 bits per heavy atom. The molecule has 0 fully saturated rings. The van der Waals surface area contributed by atoms with Crippen molar-refractivity contribution in [2.45, 2.75) is 0 Å². The predicted molar refractivity (Wildman–Crippen MR) is 119 cm³/mol. The second kappa shape index (κ2) is 8.31. The summed E-state index contributed by atoms with van der Waals surface area (Å²) in [6.45, 7) is 0. The molecule has 0 saturated heterocycles. The molecule has 30 heavy (non-hydrogen) atoms. The highest BCUT2D eigenvalue weighted by Crippen LogP contribution is 2.27. The summed E-state index contributed by atoms with van der Waals surface area (Å²) in [7, 11) is 1.31. The number of carbonyl (C=O) groups excluding carboxylic acids is 2. The first-order valence-electron chi connectivity index (χ1n) is 9.17. The van der Waals surface area contributed by atoms with Crippen LogP contribution >= 0.6 is 11.6 Å². The Morgan fingerprint density at radius 3 is 2.40 bits per heavy atom. The maximum absolute atomic E-state index is 12.4. The van der Waals surface area contributed by atoms with Crippen LogP contribution < -0.4 is 10.6 Å². The lowest BCUT2D eigenvalue weighted by Crippen LogP contribution is -2.19. The Labute approximate surface area is 177 Å². The highest BCUT2D eigenvalue weighted by molar-refractivity contribution is 6.31. The van der Waals surface area contributed by atoms with Crippen LogP contribution in [-0.2, 0) is 4.74 Å². The molecule has 3 aromatic carbocycles. The van der Waals surface area contributed by atoms with E-state index in [-0.39, 0.29) is 0 Å². The molecule has 0 radical (unpaired) electrons. The van der Waals surface area contributed by atoms with Gasteiger partial charge in [-0.3, -0.25) is 0 Å². The van der Waals surface area contributed by atoms with E-state index in [1.54, 1.807) is 30.3 Å². The van der Waals surface area contributed by atoms with E-state index >= 15 is 0 Å². The highest BCUT2D eigenvalue weighted by Gasteiger charge is 2.09. The molecule has 0 unspecified atom stereocenters. The summed E-state index contributed by atoms with van der Waals surface area (Å²) in [4.78, 5) is 27.4. The number of rotatable bonds is 4. The molecular formula is C23H18ClN3O3. The Balaban J connectivity index is 1.50. The van der Waals surface area contributed by atoms with E-state index in [0.29, 0.717) is 22.0 Å². The molecule has 0 bridgehead atoms. The van der Waals surface area contributed by atoms with E-state index in [1.165, 1.54) is 7.11 Å². The summed E-state index contributed by atoms with van der Waals surface area (Å²) in [6.07, 6.45) is 0. The van der Waals surface area contributed by atoms with Crippen LogP contribution in [0.2, 0.25) is 5.02 Å². The highest BCUT2D eigenvalue weighted by atomic mass is 35.5. The van der Waals surface area contributed by atoms with Crippen molar-refractivity contribution in [3.8, 4) is 11.3 Å². The summed E-state index contributed by atoms with van der Waals surface area (Å²) >= 11 is 6.06. The number of nitrogens with one attached hydrogen (secondary N) is 3. The van der Waals surface area contributed by atoms with Gasteiger partial charge in [0.2, 0.25) is 0 Å². The molecule has 7 heteroatoms. The van der Waals surface area contributed by atoms with E-state index in [2.05, 4.69) is 15.6 Å². The van der Waals surface area contributed by atoms with E-state index in [9.17, 15) is 9.59 Å². The lowest BCUT2D eigenvalue weighted by atomic mass is 10.1. The fourth-order valence-electron chi connectivity index (χ4n) is 3.16. The van der Waals surface area contributed by atoms with Gasteiger partial charge in [0.15, 0.2) is 0 Å². The number of fused-ring (bicyclic) bond motifs is 1. The maximum Gasteiger partial charge on any atom is 0.337 e. The van der Waals surface area contributed by atoms with Crippen LogP contribution in [0.25, 0.3) is 22.2 Å². The standard InChI is InChI=1S/C23H18ClN3O3/c1-30-22(28)15-5-3-7-19(12-15)26-23(29)25-18-6-2-4-14(11-18)21-13-16-10-17(24)8-9-20(16)27-21/h2-13,27H,1H3,(H2,25,26,29). The number of methoxy groups -OCH3 is 1. The summed E-state index contributed by atoms with van der Waals surface area (Å²) in [5.41, 5.74) is 4.30. The zero-order valence-electron chi connectivity index (χ0n) is 16.0. The molecule has 0 aliphatic carbocycles. The Kier molecular flexibility index (Phi) is 5.41. The Bertz CT molecular complexity index is 1250. The van der Waals surface area contributed by atoms with Crippen LogP contribution in [0.3, 0.4) is 0 Å². The van der Waals surface area contributed by atoms with Gasteiger partial charge in [-0.15, -0.1) is 0 Å². The van der Waals surface area contributed by atoms with E-state index in [0.717, 1.165) is 22.2 Å². The number of aromatic nitrogens is 1. The van der Waals surface area contributed by atoms with Crippen molar-refractivity contribution >= 4 is 45.9 Å². The molecule has 0 saturated carbocycles. The minimum absolute atomic E-state index is 0.358. The van der Waals surface area contributed by atoms with Crippen LogP contribution in [0, 0.1) is 0 Å². The zero-order chi connectivity index (χ0) is 21.1. The SMILES string of the molecule is COC(=O)c1cccc(NC(=O)Nc2cccc(-c3cc4cc(Cl)ccc4[nH]3)c2)c1. The summed E-state index contributed by atoms with van der Waals surface area (Å²) < 4.78 is 4.70. The molecule has 0 aliphatic rings. The van der Waals surface area contributed by atoms with Crippen molar-refractivity contribution in [2.24, 2.45) is 0 Å². The number of halogens is 1. The van der Waals surface area contributed by atoms with Gasteiger partial charge in [0, 0.05) is 38.6 Å².